The van der Waals surface area contributed by atoms with Crippen molar-refractivity contribution >= 4 is 5.91 Å². The normalized spacial score (nSPS) is 13.4. The Morgan fingerprint density at radius 2 is 1.74 bits per heavy atom. The Bertz CT molecular complexity index is 415. The number of nitrogens with one attached hydrogen (secondary N) is 1. The number of hydrogen-bond acceptors (Lipinski definition) is 2. The van der Waals surface area contributed by atoms with Gasteiger partial charge in [0, 0.05) is 5.56 Å². The fourth-order valence-corrected chi connectivity index (χ4v) is 1.80. The van der Waals surface area contributed by atoms with Crippen molar-refractivity contribution in [1.82, 2.24) is 5.32 Å². The lowest BCUT2D eigenvalue weighted by Gasteiger charge is -2.21. The molecule has 1 aromatic rings. The first-order valence-electron chi connectivity index (χ1n) is 6.78. The van der Waals surface area contributed by atoms with E-state index in [1.165, 1.54) is 5.56 Å². The monoisotopic (exact) mass is 263 g/mol. The van der Waals surface area contributed by atoms with Crippen molar-refractivity contribution in [3.63, 3.8) is 0 Å². The molecule has 1 rings (SSSR count). The molecule has 3 nitrogen and oxygen atoms in total. The van der Waals surface area contributed by atoms with E-state index in [0.29, 0.717) is 5.56 Å². The second-order valence-corrected chi connectivity index (χ2v) is 6.33. The molecule has 0 aliphatic heterocycles. The minimum atomic E-state index is -0.199. The van der Waals surface area contributed by atoms with Gasteiger partial charge in [0.2, 0.25) is 0 Å². The highest BCUT2D eigenvalue weighted by atomic mass is 16.3. The molecule has 1 amide bonds. The third-order valence-corrected chi connectivity index (χ3v) is 3.33. The molecule has 0 fully saturated rings. The minimum absolute atomic E-state index is 0.0382. The summed E-state index contributed by atoms with van der Waals surface area (Å²) in [5.74, 6) is 0.0796. The molecule has 0 saturated carbocycles. The lowest BCUT2D eigenvalue weighted by Crippen LogP contribution is -2.41. The van der Waals surface area contributed by atoms with Gasteiger partial charge in [-0.1, -0.05) is 46.8 Å². The quantitative estimate of drug-likeness (QED) is 0.877. The number of amides is 1. The molecule has 1 aromatic carbocycles. The second kappa shape index (κ2) is 6.20. The van der Waals surface area contributed by atoms with Crippen LogP contribution in [-0.4, -0.2) is 23.7 Å². The molecule has 0 aliphatic rings. The molecule has 0 heterocycles. The molecule has 0 radical (unpaired) electrons. The van der Waals surface area contributed by atoms with E-state index in [1.54, 1.807) is 0 Å². The van der Waals surface area contributed by atoms with E-state index in [4.69, 9.17) is 0 Å². The van der Waals surface area contributed by atoms with Crippen LogP contribution in [0, 0.1) is 5.92 Å². The average molecular weight is 263 g/mol. The Balaban J connectivity index is 2.78. The van der Waals surface area contributed by atoms with E-state index in [1.807, 2.05) is 38.1 Å². The summed E-state index contributed by atoms with van der Waals surface area (Å²) in [4.78, 5) is 12.1. The fraction of sp³-hybridized carbons (Fsp3) is 0.562. The highest BCUT2D eigenvalue weighted by Gasteiger charge is 2.17. The second-order valence-electron chi connectivity index (χ2n) is 6.33. The van der Waals surface area contributed by atoms with Crippen molar-refractivity contribution < 1.29 is 9.90 Å². The van der Waals surface area contributed by atoms with Crippen LogP contribution in [0.1, 0.15) is 50.5 Å². The molecule has 1 unspecified atom stereocenters. The first-order valence-corrected chi connectivity index (χ1v) is 6.78. The number of hydrogen-bond donors (Lipinski definition) is 2. The van der Waals surface area contributed by atoms with Gasteiger partial charge in [0.1, 0.15) is 0 Å². The maximum atomic E-state index is 12.1. The van der Waals surface area contributed by atoms with Gasteiger partial charge in [-0.25, -0.2) is 0 Å². The van der Waals surface area contributed by atoms with Gasteiger partial charge in [-0.15, -0.1) is 0 Å². The molecular weight excluding hydrogens is 238 g/mol. The zero-order chi connectivity index (χ0) is 14.6. The molecule has 3 heteroatoms. The van der Waals surface area contributed by atoms with Gasteiger partial charge in [0.05, 0.1) is 12.6 Å². The summed E-state index contributed by atoms with van der Waals surface area (Å²) < 4.78 is 0. The largest absolute Gasteiger partial charge is 0.394 e. The molecule has 19 heavy (non-hydrogen) atoms. The first-order chi connectivity index (χ1) is 8.75. The van der Waals surface area contributed by atoms with Crippen molar-refractivity contribution in [2.24, 2.45) is 5.92 Å². The molecule has 0 aromatic heterocycles. The third-order valence-electron chi connectivity index (χ3n) is 3.33. The fourth-order valence-electron chi connectivity index (χ4n) is 1.80. The molecule has 0 bridgehead atoms. The van der Waals surface area contributed by atoms with Gasteiger partial charge in [0.15, 0.2) is 0 Å². The predicted molar refractivity (Wildman–Crippen MR) is 78.3 cm³/mol. The van der Waals surface area contributed by atoms with Gasteiger partial charge < -0.3 is 10.4 Å². The molecular formula is C16H25NO2. The van der Waals surface area contributed by atoms with Crippen LogP contribution in [0.3, 0.4) is 0 Å². The van der Waals surface area contributed by atoms with E-state index >= 15 is 0 Å². The first kappa shape index (κ1) is 15.7. The number of benzene rings is 1. The summed E-state index contributed by atoms with van der Waals surface area (Å²) in [6.45, 7) is 10.3. The summed E-state index contributed by atoms with van der Waals surface area (Å²) in [5.41, 5.74) is 1.92. The SMILES string of the molecule is CC(C)C(CO)NC(=O)c1ccc(C(C)(C)C)cc1. The van der Waals surface area contributed by atoms with E-state index < -0.39 is 0 Å². The maximum absolute atomic E-state index is 12.1. The highest BCUT2D eigenvalue weighted by Crippen LogP contribution is 2.22. The summed E-state index contributed by atoms with van der Waals surface area (Å²) in [6, 6.07) is 7.45. The molecule has 106 valence electrons. The van der Waals surface area contributed by atoms with Crippen LogP contribution in [0.15, 0.2) is 24.3 Å². The van der Waals surface area contributed by atoms with E-state index in [9.17, 15) is 9.90 Å². The summed E-state index contributed by atoms with van der Waals surface area (Å²) in [6.07, 6.45) is 0. The lowest BCUT2D eigenvalue weighted by atomic mass is 9.86. The molecule has 0 aliphatic carbocycles. The Morgan fingerprint density at radius 3 is 2.11 bits per heavy atom. The van der Waals surface area contributed by atoms with Crippen LogP contribution in [0.5, 0.6) is 0 Å². The van der Waals surface area contributed by atoms with Gasteiger partial charge in [0.25, 0.3) is 5.91 Å². The van der Waals surface area contributed by atoms with Crippen LogP contribution in [0.4, 0.5) is 0 Å². The van der Waals surface area contributed by atoms with Crippen LogP contribution in [0.25, 0.3) is 0 Å². The molecule has 0 spiro atoms. The van der Waals surface area contributed by atoms with E-state index in [-0.39, 0.29) is 29.9 Å². The number of rotatable bonds is 4. The van der Waals surface area contributed by atoms with Crippen molar-refractivity contribution in [3.05, 3.63) is 35.4 Å². The predicted octanol–water partition coefficient (Wildman–Crippen LogP) is 2.73. The zero-order valence-corrected chi connectivity index (χ0v) is 12.5. The molecule has 1 atom stereocenters. The maximum Gasteiger partial charge on any atom is 0.251 e. The summed E-state index contributed by atoms with van der Waals surface area (Å²) >= 11 is 0. The number of aliphatic hydroxyl groups excluding tert-OH is 1. The topological polar surface area (TPSA) is 49.3 Å². The Kier molecular flexibility index (Phi) is 5.12. The van der Waals surface area contributed by atoms with Crippen molar-refractivity contribution in [2.45, 2.75) is 46.1 Å². The van der Waals surface area contributed by atoms with Crippen LogP contribution < -0.4 is 5.32 Å². The number of carbonyl (C=O) groups is 1. The van der Waals surface area contributed by atoms with Gasteiger partial charge in [-0.05, 0) is 29.0 Å². The average Bonchev–Trinajstić information content (AvgIpc) is 2.34. The van der Waals surface area contributed by atoms with Crippen LogP contribution >= 0.6 is 0 Å². The van der Waals surface area contributed by atoms with Crippen molar-refractivity contribution in [3.8, 4) is 0 Å². The van der Waals surface area contributed by atoms with Gasteiger partial charge >= 0.3 is 0 Å². The minimum Gasteiger partial charge on any atom is -0.394 e. The summed E-state index contributed by atoms with van der Waals surface area (Å²) in [5, 5.41) is 12.1. The number of aliphatic hydroxyl groups is 1. The summed E-state index contributed by atoms with van der Waals surface area (Å²) in [7, 11) is 0. The third kappa shape index (κ3) is 4.35. The number of carbonyl (C=O) groups excluding carboxylic acids is 1. The lowest BCUT2D eigenvalue weighted by molar-refractivity contribution is 0.0897. The Labute approximate surface area is 116 Å². The Hall–Kier alpha value is -1.35. The molecule has 2 N–H and O–H groups in total. The Morgan fingerprint density at radius 1 is 1.21 bits per heavy atom. The van der Waals surface area contributed by atoms with Crippen molar-refractivity contribution in [1.29, 1.82) is 0 Å². The standard InChI is InChI=1S/C16H25NO2/c1-11(2)14(10-18)17-15(19)12-6-8-13(9-7-12)16(3,4)5/h6-9,11,14,18H,10H2,1-5H3,(H,17,19). The highest BCUT2D eigenvalue weighted by molar-refractivity contribution is 5.94. The van der Waals surface area contributed by atoms with Crippen LogP contribution in [-0.2, 0) is 5.41 Å². The van der Waals surface area contributed by atoms with Gasteiger partial charge in [-0.2, -0.15) is 0 Å². The van der Waals surface area contributed by atoms with Gasteiger partial charge in [-0.3, -0.25) is 4.79 Å². The smallest absolute Gasteiger partial charge is 0.251 e. The van der Waals surface area contributed by atoms with E-state index in [2.05, 4.69) is 26.1 Å². The van der Waals surface area contributed by atoms with Crippen molar-refractivity contribution in [2.75, 3.05) is 6.61 Å². The van der Waals surface area contributed by atoms with E-state index in [0.717, 1.165) is 0 Å². The molecule has 0 saturated heterocycles. The zero-order valence-electron chi connectivity index (χ0n) is 12.5. The van der Waals surface area contributed by atoms with Crippen LogP contribution in [0.2, 0.25) is 0 Å².